The van der Waals surface area contributed by atoms with E-state index in [0.29, 0.717) is 17.2 Å². The van der Waals surface area contributed by atoms with Gasteiger partial charge in [-0.3, -0.25) is 4.18 Å². The van der Waals surface area contributed by atoms with E-state index in [4.69, 9.17) is 0 Å². The minimum absolute atomic E-state index is 0.0735. The van der Waals surface area contributed by atoms with E-state index in [9.17, 15) is 13.6 Å². The van der Waals surface area contributed by atoms with Gasteiger partial charge in [0.25, 0.3) is 0 Å². The SMILES string of the molecule is O=C(Nc1ccc(C2CCCCC2)cc1)Nc1cccc(COS(=O)[O-])c1. The first-order valence-corrected chi connectivity index (χ1v) is 10.1. The Hall–Kier alpha value is -2.22. The van der Waals surface area contributed by atoms with Crippen molar-refractivity contribution in [3.8, 4) is 0 Å². The fourth-order valence-corrected chi connectivity index (χ4v) is 3.66. The first kappa shape index (κ1) is 19.5. The van der Waals surface area contributed by atoms with Gasteiger partial charge in [-0.05, 0) is 54.2 Å². The minimum atomic E-state index is -2.56. The highest BCUT2D eigenvalue weighted by molar-refractivity contribution is 7.74. The van der Waals surface area contributed by atoms with Crippen LogP contribution in [-0.2, 0) is 22.2 Å². The van der Waals surface area contributed by atoms with Crippen molar-refractivity contribution in [2.75, 3.05) is 10.6 Å². The number of benzene rings is 2. The van der Waals surface area contributed by atoms with E-state index in [1.807, 2.05) is 12.1 Å². The summed E-state index contributed by atoms with van der Waals surface area (Å²) in [6.07, 6.45) is 6.41. The minimum Gasteiger partial charge on any atom is -0.750 e. The van der Waals surface area contributed by atoms with Gasteiger partial charge in [0.1, 0.15) is 0 Å². The van der Waals surface area contributed by atoms with E-state index < -0.39 is 11.4 Å². The van der Waals surface area contributed by atoms with Crippen molar-refractivity contribution in [3.05, 3.63) is 59.7 Å². The van der Waals surface area contributed by atoms with Crippen molar-refractivity contribution in [2.45, 2.75) is 44.6 Å². The summed E-state index contributed by atoms with van der Waals surface area (Å²) in [6, 6.07) is 14.5. The third-order valence-electron chi connectivity index (χ3n) is 4.75. The van der Waals surface area contributed by atoms with E-state index in [2.05, 4.69) is 26.9 Å². The highest BCUT2D eigenvalue weighted by Crippen LogP contribution is 2.32. The topological polar surface area (TPSA) is 90.5 Å². The van der Waals surface area contributed by atoms with Crippen molar-refractivity contribution in [2.24, 2.45) is 0 Å². The van der Waals surface area contributed by atoms with Gasteiger partial charge in [0.05, 0.1) is 18.0 Å². The van der Waals surface area contributed by atoms with Gasteiger partial charge in [0.2, 0.25) is 0 Å². The summed E-state index contributed by atoms with van der Waals surface area (Å²) in [7, 11) is 0. The van der Waals surface area contributed by atoms with E-state index in [-0.39, 0.29) is 12.6 Å². The summed E-state index contributed by atoms with van der Waals surface area (Å²) in [6.45, 7) is -0.0735. The lowest BCUT2D eigenvalue weighted by Gasteiger charge is -2.22. The Labute approximate surface area is 161 Å². The second kappa shape index (κ2) is 9.64. The number of hydrogen-bond donors (Lipinski definition) is 2. The fourth-order valence-electron chi connectivity index (χ4n) is 3.42. The van der Waals surface area contributed by atoms with Gasteiger partial charge in [0, 0.05) is 11.4 Å². The Bertz CT molecular complexity index is 789. The van der Waals surface area contributed by atoms with Crippen molar-refractivity contribution in [1.29, 1.82) is 0 Å². The van der Waals surface area contributed by atoms with Gasteiger partial charge >= 0.3 is 6.03 Å². The van der Waals surface area contributed by atoms with Crippen LogP contribution in [0.2, 0.25) is 0 Å². The standard InChI is InChI=1S/C20H24N2O4S/c23-20(22-19-8-4-5-15(13-19)14-26-27(24)25)21-18-11-9-17(10-12-18)16-6-2-1-3-7-16/h4-5,8-13,16H,1-3,6-7,14H2,(H,24,25)(H2,21,22,23)/p-1. The molecule has 144 valence electrons. The molecule has 1 fully saturated rings. The molecule has 0 heterocycles. The van der Waals surface area contributed by atoms with Gasteiger partial charge < -0.3 is 15.2 Å². The van der Waals surface area contributed by atoms with E-state index in [1.165, 1.54) is 37.7 Å². The third-order valence-corrected chi connectivity index (χ3v) is 5.06. The predicted molar refractivity (Wildman–Crippen MR) is 105 cm³/mol. The van der Waals surface area contributed by atoms with Gasteiger partial charge in [-0.1, -0.05) is 43.5 Å². The lowest BCUT2D eigenvalue weighted by molar-refractivity contribution is 0.262. The third kappa shape index (κ3) is 6.16. The van der Waals surface area contributed by atoms with Crippen LogP contribution < -0.4 is 10.6 Å². The number of amides is 2. The number of anilines is 2. The predicted octanol–water partition coefficient (Wildman–Crippen LogP) is 4.69. The molecule has 0 aromatic heterocycles. The first-order valence-electron chi connectivity index (χ1n) is 9.09. The van der Waals surface area contributed by atoms with Crippen LogP contribution in [0, 0.1) is 0 Å². The summed E-state index contributed by atoms with van der Waals surface area (Å²) in [4.78, 5) is 12.2. The highest BCUT2D eigenvalue weighted by Gasteiger charge is 2.15. The maximum absolute atomic E-state index is 12.2. The lowest BCUT2D eigenvalue weighted by Crippen LogP contribution is -2.19. The molecule has 2 amide bonds. The van der Waals surface area contributed by atoms with Gasteiger partial charge in [-0.25, -0.2) is 9.00 Å². The monoisotopic (exact) mass is 387 g/mol. The van der Waals surface area contributed by atoms with Crippen LogP contribution >= 0.6 is 0 Å². The Kier molecular flexibility index (Phi) is 6.98. The Balaban J connectivity index is 1.54. The van der Waals surface area contributed by atoms with Crippen molar-refractivity contribution < 1.29 is 17.7 Å². The molecule has 1 aliphatic rings. The number of carbonyl (C=O) groups is 1. The largest absolute Gasteiger partial charge is 0.750 e. The summed E-state index contributed by atoms with van der Waals surface area (Å²) in [5, 5.41) is 5.55. The van der Waals surface area contributed by atoms with E-state index in [0.717, 1.165) is 5.69 Å². The zero-order chi connectivity index (χ0) is 19.1. The molecule has 1 atom stereocenters. The normalized spacial score (nSPS) is 15.9. The molecule has 0 aliphatic heterocycles. The van der Waals surface area contributed by atoms with Crippen LogP contribution in [0.4, 0.5) is 16.2 Å². The summed E-state index contributed by atoms with van der Waals surface area (Å²) in [5.74, 6) is 0.634. The highest BCUT2D eigenvalue weighted by atomic mass is 32.2. The molecule has 2 aromatic carbocycles. The molecule has 0 bridgehead atoms. The van der Waals surface area contributed by atoms with Crippen LogP contribution in [-0.4, -0.2) is 14.8 Å². The first-order chi connectivity index (χ1) is 13.1. The lowest BCUT2D eigenvalue weighted by atomic mass is 9.84. The number of carbonyl (C=O) groups excluding carboxylic acids is 1. The maximum Gasteiger partial charge on any atom is 0.323 e. The number of hydrogen-bond acceptors (Lipinski definition) is 4. The number of rotatable bonds is 6. The van der Waals surface area contributed by atoms with E-state index in [1.54, 1.807) is 24.3 Å². The molecule has 1 saturated carbocycles. The van der Waals surface area contributed by atoms with Crippen LogP contribution in [0.5, 0.6) is 0 Å². The van der Waals surface area contributed by atoms with Crippen molar-refractivity contribution in [3.63, 3.8) is 0 Å². The molecule has 27 heavy (non-hydrogen) atoms. The number of urea groups is 1. The summed E-state index contributed by atoms with van der Waals surface area (Å²) in [5.41, 5.74) is 3.27. The van der Waals surface area contributed by atoms with Gasteiger partial charge in [-0.15, -0.1) is 0 Å². The fraction of sp³-hybridized carbons (Fsp3) is 0.350. The molecule has 1 aliphatic carbocycles. The van der Waals surface area contributed by atoms with Crippen LogP contribution in [0.1, 0.15) is 49.1 Å². The maximum atomic E-state index is 12.2. The van der Waals surface area contributed by atoms with E-state index >= 15 is 0 Å². The Morgan fingerprint density at radius 3 is 2.44 bits per heavy atom. The van der Waals surface area contributed by atoms with Crippen LogP contribution in [0.15, 0.2) is 48.5 Å². The zero-order valence-electron chi connectivity index (χ0n) is 15.0. The molecule has 3 rings (SSSR count). The molecule has 1 unspecified atom stereocenters. The quantitative estimate of drug-likeness (QED) is 0.704. The molecule has 2 N–H and O–H groups in total. The Morgan fingerprint density at radius 2 is 1.74 bits per heavy atom. The smallest absolute Gasteiger partial charge is 0.323 e. The molecule has 0 spiro atoms. The van der Waals surface area contributed by atoms with Crippen LogP contribution in [0.25, 0.3) is 0 Å². The molecular weight excluding hydrogens is 364 g/mol. The molecule has 0 saturated heterocycles. The second-order valence-corrected chi connectivity index (χ2v) is 7.35. The Morgan fingerprint density at radius 1 is 1.04 bits per heavy atom. The molecule has 0 radical (unpaired) electrons. The summed E-state index contributed by atoms with van der Waals surface area (Å²) < 4.78 is 25.5. The zero-order valence-corrected chi connectivity index (χ0v) is 15.8. The summed E-state index contributed by atoms with van der Waals surface area (Å²) >= 11 is -2.56. The van der Waals surface area contributed by atoms with Crippen molar-refractivity contribution in [1.82, 2.24) is 0 Å². The average Bonchev–Trinajstić information content (AvgIpc) is 2.68. The number of nitrogens with one attached hydrogen (secondary N) is 2. The van der Waals surface area contributed by atoms with Crippen molar-refractivity contribution >= 4 is 28.8 Å². The average molecular weight is 387 g/mol. The van der Waals surface area contributed by atoms with Crippen LogP contribution in [0.3, 0.4) is 0 Å². The molecule has 2 aromatic rings. The molecule has 7 heteroatoms. The van der Waals surface area contributed by atoms with Gasteiger partial charge in [-0.2, -0.15) is 0 Å². The second-order valence-electron chi connectivity index (χ2n) is 6.70. The molecule has 6 nitrogen and oxygen atoms in total. The molecular formula is C20H23N2O4S-. The van der Waals surface area contributed by atoms with Gasteiger partial charge in [0.15, 0.2) is 0 Å².